The number of hydrogen-bond donors (Lipinski definition) is 0. The van der Waals surface area contributed by atoms with Crippen LogP contribution < -0.4 is 0 Å². The largest absolute Gasteiger partial charge is 0.465 e. The predicted octanol–water partition coefficient (Wildman–Crippen LogP) is 5.97. The summed E-state index contributed by atoms with van der Waals surface area (Å²) in [5.74, 6) is -8.15. The zero-order chi connectivity index (χ0) is 27.8. The Morgan fingerprint density at radius 3 is 1.75 bits per heavy atom. The molecule has 2 aliphatic heterocycles. The zero-order valence-corrected chi connectivity index (χ0v) is 23.1. The fourth-order valence-electron chi connectivity index (χ4n) is 9.78. The molecule has 2 heterocycles. The Hall–Kier alpha value is -0.970. The van der Waals surface area contributed by atoms with Crippen molar-refractivity contribution in [1.82, 2.24) is 0 Å². The molecule has 6 nitrogen and oxygen atoms in total. The molecule has 8 fully saturated rings. The molecule has 0 aromatic carbocycles. The molecule has 2 spiro atoms. The molecule has 0 N–H and O–H groups in total. The second-order valence-electron chi connectivity index (χ2n) is 14.1. The van der Waals surface area contributed by atoms with Gasteiger partial charge in [0.25, 0.3) is 0 Å². The number of ether oxygens (including phenoxy) is 5. The molecule has 0 radical (unpaired) electrons. The Morgan fingerprint density at radius 2 is 1.20 bits per heavy atom. The quantitative estimate of drug-likeness (QED) is 0.298. The van der Waals surface area contributed by atoms with Crippen molar-refractivity contribution in [1.29, 1.82) is 0 Å². The molecule has 0 aromatic heterocycles. The maximum atomic E-state index is 14.0. The van der Waals surface area contributed by atoms with Crippen LogP contribution in [0.1, 0.15) is 77.0 Å². The van der Waals surface area contributed by atoms with Crippen LogP contribution >= 0.6 is 0 Å². The van der Waals surface area contributed by atoms with E-state index in [1.807, 2.05) is 0 Å². The second kappa shape index (κ2) is 10.1. The highest BCUT2D eigenvalue weighted by Gasteiger charge is 2.65. The first kappa shape index (κ1) is 27.8. The third-order valence-corrected chi connectivity index (χ3v) is 11.6. The number of esters is 1. The highest BCUT2D eigenvalue weighted by molar-refractivity contribution is 5.69. The molecule has 6 saturated carbocycles. The lowest BCUT2D eigenvalue weighted by Gasteiger charge is -2.61. The van der Waals surface area contributed by atoms with Crippen LogP contribution in [0.4, 0.5) is 17.6 Å². The number of halogens is 4. The summed E-state index contributed by atoms with van der Waals surface area (Å²) >= 11 is 0. The summed E-state index contributed by atoms with van der Waals surface area (Å²) in [4.78, 5) is 12.6. The van der Waals surface area contributed by atoms with Gasteiger partial charge in [0.15, 0.2) is 11.6 Å². The Morgan fingerprint density at radius 1 is 0.675 bits per heavy atom. The van der Waals surface area contributed by atoms with Crippen molar-refractivity contribution >= 4 is 5.97 Å². The number of carbonyl (C=O) groups excluding carboxylic acids is 1. The van der Waals surface area contributed by atoms with E-state index < -0.39 is 36.6 Å². The number of rotatable bonds is 5. The van der Waals surface area contributed by atoms with Gasteiger partial charge >= 0.3 is 17.8 Å². The van der Waals surface area contributed by atoms with E-state index in [9.17, 15) is 22.4 Å². The summed E-state index contributed by atoms with van der Waals surface area (Å²) in [6, 6.07) is 0. The third kappa shape index (κ3) is 4.62. The van der Waals surface area contributed by atoms with Gasteiger partial charge in [0.1, 0.15) is 13.2 Å². The lowest BCUT2D eigenvalue weighted by Crippen LogP contribution is -2.63. The predicted molar refractivity (Wildman–Crippen MR) is 133 cm³/mol. The fraction of sp³-hybridized carbons (Fsp3) is 0.967. The standard InChI is InChI=1S/C30H42F4O6/c31-27(32)16-39-29(40-17-28(27,33)34)22-2-1-3-23(29)8-18(7-22)4-5-26(35)36-13-21-14-37-30(38-15-21)24-9-19-6-20(11-24)12-25(30)10-19/h18-25H,1-17H2. The molecule has 8 aliphatic rings. The molecule has 2 saturated heterocycles. The summed E-state index contributed by atoms with van der Waals surface area (Å²) in [7, 11) is 0. The van der Waals surface area contributed by atoms with Crippen LogP contribution in [0.25, 0.3) is 0 Å². The van der Waals surface area contributed by atoms with Gasteiger partial charge in [-0.05, 0) is 82.0 Å². The first-order chi connectivity index (χ1) is 19.1. The van der Waals surface area contributed by atoms with Crippen molar-refractivity contribution in [3.05, 3.63) is 0 Å². The molecule has 40 heavy (non-hydrogen) atoms. The molecular formula is C30H42F4O6. The first-order valence-corrected chi connectivity index (χ1v) is 15.6. The second-order valence-corrected chi connectivity index (χ2v) is 14.1. The number of hydrogen-bond acceptors (Lipinski definition) is 6. The first-order valence-electron chi connectivity index (χ1n) is 15.6. The van der Waals surface area contributed by atoms with Gasteiger partial charge < -0.3 is 23.7 Å². The number of alkyl halides is 4. The average Bonchev–Trinajstić information content (AvgIpc) is 3.00. The van der Waals surface area contributed by atoms with E-state index in [4.69, 9.17) is 23.7 Å². The SMILES string of the molecule is O=C(CCC1CC2CCCC(C1)C21OCC(F)(F)C(F)(F)CO1)OCC1COC2(OC1)C1CC3CC(C1)CC2C3. The van der Waals surface area contributed by atoms with E-state index in [2.05, 4.69) is 0 Å². The maximum absolute atomic E-state index is 14.0. The van der Waals surface area contributed by atoms with Crippen molar-refractivity contribution in [2.45, 2.75) is 100 Å². The van der Waals surface area contributed by atoms with Gasteiger partial charge in [0, 0.05) is 36.0 Å². The van der Waals surface area contributed by atoms with Crippen LogP contribution in [-0.2, 0) is 28.5 Å². The monoisotopic (exact) mass is 574 g/mol. The third-order valence-electron chi connectivity index (χ3n) is 11.6. The minimum Gasteiger partial charge on any atom is -0.465 e. The van der Waals surface area contributed by atoms with Crippen LogP contribution in [0.5, 0.6) is 0 Å². The molecule has 2 unspecified atom stereocenters. The van der Waals surface area contributed by atoms with Crippen LogP contribution in [0.15, 0.2) is 0 Å². The molecule has 0 amide bonds. The van der Waals surface area contributed by atoms with Gasteiger partial charge in [-0.3, -0.25) is 4.79 Å². The molecule has 10 heteroatoms. The summed E-state index contributed by atoms with van der Waals surface area (Å²) in [6.45, 7) is -1.27. The Labute approximate surface area is 233 Å². The van der Waals surface area contributed by atoms with Crippen molar-refractivity contribution in [3.63, 3.8) is 0 Å². The highest BCUT2D eigenvalue weighted by atomic mass is 19.3. The molecule has 226 valence electrons. The van der Waals surface area contributed by atoms with Crippen molar-refractivity contribution in [2.75, 3.05) is 33.0 Å². The molecular weight excluding hydrogens is 532 g/mol. The van der Waals surface area contributed by atoms with Gasteiger partial charge in [0.05, 0.1) is 19.8 Å². The summed E-state index contributed by atoms with van der Waals surface area (Å²) in [5.41, 5.74) is 0. The lowest BCUT2D eigenvalue weighted by atomic mass is 9.53. The van der Waals surface area contributed by atoms with Gasteiger partial charge in [-0.25, -0.2) is 0 Å². The highest BCUT2D eigenvalue weighted by Crippen LogP contribution is 2.61. The van der Waals surface area contributed by atoms with Crippen molar-refractivity contribution in [3.8, 4) is 0 Å². The minimum atomic E-state index is -4.25. The normalized spacial score (nSPS) is 46.3. The Kier molecular flexibility index (Phi) is 7.00. The van der Waals surface area contributed by atoms with E-state index in [1.165, 1.54) is 32.1 Å². The van der Waals surface area contributed by atoms with E-state index in [0.29, 0.717) is 57.2 Å². The Bertz CT molecular complexity index is 902. The Balaban J connectivity index is 0.874. The van der Waals surface area contributed by atoms with Crippen LogP contribution in [0.3, 0.4) is 0 Å². The van der Waals surface area contributed by atoms with Gasteiger partial charge in [-0.15, -0.1) is 0 Å². The van der Waals surface area contributed by atoms with Gasteiger partial charge in [-0.1, -0.05) is 6.42 Å². The minimum absolute atomic E-state index is 0.0291. The van der Waals surface area contributed by atoms with E-state index in [-0.39, 0.29) is 42.7 Å². The van der Waals surface area contributed by atoms with E-state index in [1.54, 1.807) is 0 Å². The van der Waals surface area contributed by atoms with Gasteiger partial charge in [-0.2, -0.15) is 17.6 Å². The van der Waals surface area contributed by atoms with Crippen molar-refractivity contribution < 1.29 is 46.0 Å². The molecule has 6 bridgehead atoms. The maximum Gasteiger partial charge on any atom is 0.335 e. The molecule has 0 aromatic rings. The van der Waals surface area contributed by atoms with Crippen LogP contribution in [0, 0.1) is 47.3 Å². The topological polar surface area (TPSA) is 63.2 Å². The summed E-state index contributed by atoms with van der Waals surface area (Å²) in [6.07, 6.45) is 10.6. The summed E-state index contributed by atoms with van der Waals surface area (Å²) < 4.78 is 85.5. The number of carbonyl (C=O) groups is 1. The fourth-order valence-corrected chi connectivity index (χ4v) is 9.78. The lowest BCUT2D eigenvalue weighted by molar-refractivity contribution is -0.369. The van der Waals surface area contributed by atoms with Crippen LogP contribution in [0.2, 0.25) is 0 Å². The van der Waals surface area contributed by atoms with E-state index >= 15 is 0 Å². The summed E-state index contributed by atoms with van der Waals surface area (Å²) in [5, 5.41) is 0. The zero-order valence-electron chi connectivity index (χ0n) is 23.1. The van der Waals surface area contributed by atoms with E-state index in [0.717, 1.165) is 18.3 Å². The average molecular weight is 575 g/mol. The smallest absolute Gasteiger partial charge is 0.335 e. The molecule has 2 atom stereocenters. The van der Waals surface area contributed by atoms with Crippen LogP contribution in [-0.4, -0.2) is 62.4 Å². The molecule has 8 rings (SSSR count). The molecule has 6 aliphatic carbocycles. The van der Waals surface area contributed by atoms with Crippen molar-refractivity contribution in [2.24, 2.45) is 47.3 Å². The van der Waals surface area contributed by atoms with Gasteiger partial charge in [0.2, 0.25) is 0 Å².